The van der Waals surface area contributed by atoms with Gasteiger partial charge in [0, 0.05) is 13.1 Å². The number of hydrogen-bond donors (Lipinski definition) is 1. The predicted octanol–water partition coefficient (Wildman–Crippen LogP) is 3.14. The van der Waals surface area contributed by atoms with Crippen LogP contribution < -0.4 is 5.32 Å². The van der Waals surface area contributed by atoms with Crippen molar-refractivity contribution in [1.82, 2.24) is 9.62 Å². The van der Waals surface area contributed by atoms with E-state index in [0.29, 0.717) is 19.0 Å². The summed E-state index contributed by atoms with van der Waals surface area (Å²) in [5, 5.41) is 2.91. The minimum Gasteiger partial charge on any atom is -0.317 e. The molecule has 1 aliphatic rings. The Balaban J connectivity index is 2.16. The summed E-state index contributed by atoms with van der Waals surface area (Å²) in [6.07, 6.45) is 1.56. The number of nitrogens with one attached hydrogen (secondary N) is 1. The van der Waals surface area contributed by atoms with Crippen LogP contribution >= 0.6 is 23.2 Å². The lowest BCUT2D eigenvalue weighted by molar-refractivity contribution is 0.268. The molecule has 0 amide bonds. The molecule has 1 N–H and O–H groups in total. The lowest BCUT2D eigenvalue weighted by atomic mass is 9.98. The Morgan fingerprint density at radius 2 is 1.82 bits per heavy atom. The zero-order valence-electron chi connectivity index (χ0n) is 12.3. The Hall–Kier alpha value is -0.400. The fraction of sp³-hybridized carbons (Fsp3) is 0.571. The maximum Gasteiger partial charge on any atom is 0.246 e. The molecule has 0 atom stereocenters. The van der Waals surface area contributed by atoms with Gasteiger partial charge in [0.1, 0.15) is 10.7 Å². The summed E-state index contributed by atoms with van der Waals surface area (Å²) in [5.74, 6) is -0.191. The largest absolute Gasteiger partial charge is 0.317 e. The molecule has 1 aromatic rings. The number of piperidine rings is 1. The Morgan fingerprint density at radius 3 is 2.32 bits per heavy atom. The van der Waals surface area contributed by atoms with Crippen molar-refractivity contribution in [3.05, 3.63) is 28.0 Å². The Labute approximate surface area is 140 Å². The molecule has 0 bridgehead atoms. The number of sulfonamides is 1. The van der Waals surface area contributed by atoms with Gasteiger partial charge in [-0.2, -0.15) is 4.31 Å². The van der Waals surface area contributed by atoms with Crippen LogP contribution in [-0.2, 0) is 10.0 Å². The van der Waals surface area contributed by atoms with Crippen molar-refractivity contribution < 1.29 is 12.8 Å². The van der Waals surface area contributed by atoms with E-state index >= 15 is 0 Å². The molecule has 1 aliphatic heterocycles. The van der Waals surface area contributed by atoms with Gasteiger partial charge in [0.25, 0.3) is 0 Å². The van der Waals surface area contributed by atoms with Crippen molar-refractivity contribution in [1.29, 1.82) is 0 Å². The molecule has 0 radical (unpaired) electrons. The molecule has 0 spiro atoms. The molecule has 0 aromatic heterocycles. The Morgan fingerprint density at radius 1 is 1.27 bits per heavy atom. The second-order valence-electron chi connectivity index (χ2n) is 5.35. The molecule has 0 saturated carbocycles. The highest BCUT2D eigenvalue weighted by atomic mass is 35.5. The summed E-state index contributed by atoms with van der Waals surface area (Å²) < 4.78 is 40.0. The average molecular weight is 369 g/mol. The number of nitrogens with zero attached hydrogens (tertiary/aromatic N) is 1. The van der Waals surface area contributed by atoms with Gasteiger partial charge in [-0.15, -0.1) is 0 Å². The van der Waals surface area contributed by atoms with Crippen molar-refractivity contribution in [2.24, 2.45) is 5.92 Å². The highest BCUT2D eigenvalue weighted by Crippen LogP contribution is 2.34. The highest BCUT2D eigenvalue weighted by molar-refractivity contribution is 7.89. The van der Waals surface area contributed by atoms with Crippen LogP contribution in [0.25, 0.3) is 0 Å². The third-order valence-electron chi connectivity index (χ3n) is 3.82. The van der Waals surface area contributed by atoms with Crippen LogP contribution in [0.15, 0.2) is 17.0 Å². The van der Waals surface area contributed by atoms with Gasteiger partial charge in [-0.1, -0.05) is 30.1 Å². The lowest BCUT2D eigenvalue weighted by Gasteiger charge is -2.31. The molecule has 1 aromatic carbocycles. The molecule has 1 heterocycles. The molecule has 0 unspecified atom stereocenters. The minimum atomic E-state index is -3.80. The zero-order chi connectivity index (χ0) is 16.3. The van der Waals surface area contributed by atoms with E-state index < -0.39 is 15.8 Å². The second kappa shape index (κ2) is 7.45. The number of halogens is 3. The van der Waals surface area contributed by atoms with Crippen molar-refractivity contribution in [2.45, 2.75) is 24.7 Å². The monoisotopic (exact) mass is 368 g/mol. The Kier molecular flexibility index (Phi) is 6.07. The molecule has 4 nitrogen and oxygen atoms in total. The predicted molar refractivity (Wildman–Crippen MR) is 86.4 cm³/mol. The van der Waals surface area contributed by atoms with E-state index in [0.717, 1.165) is 38.1 Å². The molecular weight excluding hydrogens is 350 g/mol. The van der Waals surface area contributed by atoms with Gasteiger partial charge in [-0.3, -0.25) is 0 Å². The molecule has 22 heavy (non-hydrogen) atoms. The fourth-order valence-electron chi connectivity index (χ4n) is 2.61. The third-order valence-corrected chi connectivity index (χ3v) is 6.64. The maximum atomic E-state index is 13.2. The van der Waals surface area contributed by atoms with Gasteiger partial charge >= 0.3 is 0 Å². The van der Waals surface area contributed by atoms with Crippen LogP contribution in [0.5, 0.6) is 0 Å². The van der Waals surface area contributed by atoms with Gasteiger partial charge < -0.3 is 5.32 Å². The first-order chi connectivity index (χ1) is 10.4. The summed E-state index contributed by atoms with van der Waals surface area (Å²) >= 11 is 11.8. The molecule has 8 heteroatoms. The minimum absolute atomic E-state index is 0.181. The normalized spacial score (nSPS) is 17.8. The van der Waals surface area contributed by atoms with Crippen LogP contribution in [0.2, 0.25) is 10.0 Å². The SMILES string of the molecule is CCNCC1CCN(S(=O)(=O)c2c(Cl)cc(F)cc2Cl)CC1. The second-order valence-corrected chi connectivity index (χ2v) is 8.04. The van der Waals surface area contributed by atoms with Crippen LogP contribution in [0, 0.1) is 11.7 Å². The van der Waals surface area contributed by atoms with Gasteiger partial charge in [-0.05, 0) is 44.0 Å². The smallest absolute Gasteiger partial charge is 0.246 e. The van der Waals surface area contributed by atoms with Gasteiger partial charge in [0.05, 0.1) is 10.0 Å². The molecule has 1 fully saturated rings. The molecule has 0 aliphatic carbocycles. The molecular formula is C14H19Cl2FN2O2S. The van der Waals surface area contributed by atoms with Crippen molar-refractivity contribution in [3.63, 3.8) is 0 Å². The number of rotatable bonds is 5. The van der Waals surface area contributed by atoms with Crippen LogP contribution in [-0.4, -0.2) is 38.9 Å². The summed E-state index contributed by atoms with van der Waals surface area (Å²) in [4.78, 5) is -0.206. The Bertz CT molecular complexity index is 609. The molecule has 2 rings (SSSR count). The van der Waals surface area contributed by atoms with Gasteiger partial charge in [-0.25, -0.2) is 12.8 Å². The summed E-state index contributed by atoms with van der Waals surface area (Å²) in [5.41, 5.74) is 0. The van der Waals surface area contributed by atoms with Crippen LogP contribution in [0.3, 0.4) is 0 Å². The molecule has 1 saturated heterocycles. The first kappa shape index (κ1) is 17.9. The first-order valence-electron chi connectivity index (χ1n) is 7.21. The summed E-state index contributed by atoms with van der Waals surface area (Å²) in [7, 11) is -3.80. The van der Waals surface area contributed by atoms with E-state index in [1.54, 1.807) is 0 Å². The van der Waals surface area contributed by atoms with E-state index in [-0.39, 0.29) is 14.9 Å². The summed E-state index contributed by atoms with van der Waals surface area (Å²) in [6.45, 7) is 4.67. The van der Waals surface area contributed by atoms with Crippen molar-refractivity contribution in [2.75, 3.05) is 26.2 Å². The van der Waals surface area contributed by atoms with E-state index in [2.05, 4.69) is 5.32 Å². The van der Waals surface area contributed by atoms with Crippen LogP contribution in [0.1, 0.15) is 19.8 Å². The van der Waals surface area contributed by atoms with E-state index in [1.165, 1.54) is 4.31 Å². The third kappa shape index (κ3) is 3.92. The topological polar surface area (TPSA) is 49.4 Å². The van der Waals surface area contributed by atoms with Gasteiger partial charge in [0.2, 0.25) is 10.0 Å². The van der Waals surface area contributed by atoms with E-state index in [4.69, 9.17) is 23.2 Å². The average Bonchev–Trinajstić information content (AvgIpc) is 2.44. The molecule has 124 valence electrons. The van der Waals surface area contributed by atoms with E-state index in [9.17, 15) is 12.8 Å². The zero-order valence-corrected chi connectivity index (χ0v) is 14.6. The fourth-order valence-corrected chi connectivity index (χ4v) is 5.21. The highest BCUT2D eigenvalue weighted by Gasteiger charge is 2.32. The standard InChI is InChI=1S/C14H19Cl2FN2O2S/c1-2-18-9-10-3-5-19(6-4-10)22(20,21)14-12(15)7-11(17)8-13(14)16/h7-8,10,18H,2-6,9H2,1H3. The quantitative estimate of drug-likeness (QED) is 0.868. The lowest BCUT2D eigenvalue weighted by Crippen LogP contribution is -2.40. The number of benzene rings is 1. The van der Waals surface area contributed by atoms with Crippen molar-refractivity contribution >= 4 is 33.2 Å². The maximum absolute atomic E-state index is 13.2. The van der Waals surface area contributed by atoms with E-state index in [1.807, 2.05) is 6.92 Å². The first-order valence-corrected chi connectivity index (χ1v) is 9.41. The van der Waals surface area contributed by atoms with Crippen LogP contribution in [0.4, 0.5) is 4.39 Å². The van der Waals surface area contributed by atoms with Gasteiger partial charge in [0.15, 0.2) is 0 Å². The number of hydrogen-bond acceptors (Lipinski definition) is 3. The summed E-state index contributed by atoms with van der Waals surface area (Å²) in [6, 6.07) is 1.94. The van der Waals surface area contributed by atoms with Crippen molar-refractivity contribution in [3.8, 4) is 0 Å².